The van der Waals surface area contributed by atoms with E-state index in [4.69, 9.17) is 4.18 Å². The molecule has 0 atom stereocenters. The molecule has 0 aliphatic carbocycles. The van der Waals surface area contributed by atoms with Crippen molar-refractivity contribution in [3.8, 4) is 6.01 Å². The van der Waals surface area contributed by atoms with Gasteiger partial charge in [-0.25, -0.2) is 0 Å². The lowest BCUT2D eigenvalue weighted by Crippen LogP contribution is -2.31. The monoisotopic (exact) mass is 231 g/mol. The third kappa shape index (κ3) is 2.82. The molecule has 0 bridgehead atoms. The van der Waals surface area contributed by atoms with Gasteiger partial charge in [0.15, 0.2) is 0 Å². The van der Waals surface area contributed by atoms with Crippen LogP contribution in [0.4, 0.5) is 0 Å². The van der Waals surface area contributed by atoms with Crippen molar-refractivity contribution in [1.29, 1.82) is 0 Å². The maximum atomic E-state index is 11.4. The van der Waals surface area contributed by atoms with Crippen molar-refractivity contribution in [3.05, 3.63) is 25.0 Å². The number of aryl methyl sites for hydroxylation is 2. The first-order valence-electron chi connectivity index (χ1n) is 4.58. The van der Waals surface area contributed by atoms with Crippen LogP contribution in [0.25, 0.3) is 0 Å². The Morgan fingerprint density at radius 1 is 1.67 bits per heavy atom. The first-order valence-corrected chi connectivity index (χ1v) is 6.15. The van der Waals surface area contributed by atoms with E-state index < -0.39 is 10.1 Å². The largest absolute Gasteiger partial charge is 0.471 e. The molecule has 0 aliphatic rings. The third-order valence-corrected chi connectivity index (χ3v) is 2.93. The summed E-state index contributed by atoms with van der Waals surface area (Å²) in [6.45, 7) is 5.93. The molecule has 0 saturated carbocycles. The minimum atomic E-state index is -3.57. The summed E-state index contributed by atoms with van der Waals surface area (Å²) in [5, 5.41) is 0. The Kier molecular flexibility index (Phi) is 3.52. The number of rotatable bonds is 5. The molecule has 0 saturated heterocycles. The van der Waals surface area contributed by atoms with E-state index in [9.17, 15) is 8.42 Å². The summed E-state index contributed by atoms with van der Waals surface area (Å²) >= 11 is 0. The highest BCUT2D eigenvalue weighted by molar-refractivity contribution is 7.87. The molecule has 1 aromatic rings. The Bertz CT molecular complexity index is 448. The lowest BCUT2D eigenvalue weighted by atomic mass is 10.7. The van der Waals surface area contributed by atoms with Gasteiger partial charge in [-0.3, -0.25) is 0 Å². The Morgan fingerprint density at radius 2 is 2.33 bits per heavy atom. The molecule has 0 fully saturated rings. The van der Waals surface area contributed by atoms with Crippen LogP contribution in [0.3, 0.4) is 0 Å². The summed E-state index contributed by atoms with van der Waals surface area (Å²) in [7, 11) is -1.84. The second-order valence-electron chi connectivity index (χ2n) is 3.07. The van der Waals surface area contributed by atoms with Crippen LogP contribution in [0.1, 0.15) is 6.92 Å². The van der Waals surface area contributed by atoms with Crippen LogP contribution < -0.4 is 8.75 Å². The highest BCUT2D eigenvalue weighted by atomic mass is 32.2. The van der Waals surface area contributed by atoms with E-state index in [0.29, 0.717) is 12.6 Å². The molecule has 1 rings (SSSR count). The molecule has 0 spiro atoms. The predicted octanol–water partition coefficient (Wildman–Crippen LogP) is 0.227. The summed E-state index contributed by atoms with van der Waals surface area (Å²) in [4.78, 5) is 0. The molecule has 1 aromatic heterocycles. The van der Waals surface area contributed by atoms with Gasteiger partial charge in [-0.15, -0.1) is 6.58 Å². The van der Waals surface area contributed by atoms with Crippen molar-refractivity contribution in [1.82, 2.24) is 4.57 Å². The molecule has 6 heteroatoms. The normalized spacial score (nSPS) is 11.3. The highest BCUT2D eigenvalue weighted by Crippen LogP contribution is 2.08. The van der Waals surface area contributed by atoms with Crippen LogP contribution in [0.5, 0.6) is 6.01 Å². The molecule has 0 aromatic carbocycles. The van der Waals surface area contributed by atoms with Gasteiger partial charge in [-0.05, 0) is 6.92 Å². The molecular weight excluding hydrogens is 216 g/mol. The molecule has 0 unspecified atom stereocenters. The summed E-state index contributed by atoms with van der Waals surface area (Å²) in [6.07, 6.45) is 4.80. The number of imidazole rings is 1. The van der Waals surface area contributed by atoms with E-state index in [0.717, 1.165) is 0 Å². The number of hydrogen-bond acceptors (Lipinski definition) is 3. The smallest absolute Gasteiger partial charge is 0.308 e. The van der Waals surface area contributed by atoms with E-state index in [1.54, 1.807) is 28.6 Å². The molecule has 0 aliphatic heterocycles. The molecule has 15 heavy (non-hydrogen) atoms. The fourth-order valence-electron chi connectivity index (χ4n) is 1.15. The van der Waals surface area contributed by atoms with E-state index in [1.165, 1.54) is 6.08 Å². The predicted molar refractivity (Wildman–Crippen MR) is 55.9 cm³/mol. The van der Waals surface area contributed by atoms with Crippen molar-refractivity contribution < 1.29 is 17.2 Å². The van der Waals surface area contributed by atoms with Gasteiger partial charge in [-0.2, -0.15) is 17.6 Å². The van der Waals surface area contributed by atoms with Gasteiger partial charge in [0.2, 0.25) is 0 Å². The van der Waals surface area contributed by atoms with Crippen molar-refractivity contribution in [2.24, 2.45) is 7.05 Å². The van der Waals surface area contributed by atoms with Crippen molar-refractivity contribution >= 4 is 10.1 Å². The fraction of sp³-hybridized carbons (Fsp3) is 0.444. The zero-order valence-corrected chi connectivity index (χ0v) is 9.70. The molecule has 0 radical (unpaired) electrons. The lowest BCUT2D eigenvalue weighted by Gasteiger charge is -2.02. The Morgan fingerprint density at radius 3 is 2.87 bits per heavy atom. The molecule has 0 N–H and O–H groups in total. The fourth-order valence-corrected chi connectivity index (χ4v) is 1.95. The average Bonchev–Trinajstić information content (AvgIpc) is 2.47. The quantitative estimate of drug-likeness (QED) is 0.414. The SMILES string of the molecule is C=CCS(=O)(=O)Oc1n(CC)cc[n+]1C. The van der Waals surface area contributed by atoms with E-state index in [2.05, 4.69) is 6.58 Å². The van der Waals surface area contributed by atoms with Gasteiger partial charge in [-0.1, -0.05) is 6.08 Å². The summed E-state index contributed by atoms with van der Waals surface area (Å²) < 4.78 is 31.1. The van der Waals surface area contributed by atoms with Crippen LogP contribution in [-0.4, -0.2) is 18.7 Å². The summed E-state index contributed by atoms with van der Waals surface area (Å²) in [5.41, 5.74) is 0. The highest BCUT2D eigenvalue weighted by Gasteiger charge is 2.22. The number of aromatic nitrogens is 2. The third-order valence-electron chi connectivity index (χ3n) is 1.88. The summed E-state index contributed by atoms with van der Waals surface area (Å²) in [6, 6.07) is 0.305. The maximum absolute atomic E-state index is 11.4. The molecule has 84 valence electrons. The molecule has 5 nitrogen and oxygen atoms in total. The van der Waals surface area contributed by atoms with Crippen LogP contribution >= 0.6 is 0 Å². The van der Waals surface area contributed by atoms with Gasteiger partial charge in [0, 0.05) is 0 Å². The molecular formula is C9H15N2O3S+. The molecule has 0 amide bonds. The van der Waals surface area contributed by atoms with Gasteiger partial charge in [0.25, 0.3) is 0 Å². The second kappa shape index (κ2) is 4.48. The van der Waals surface area contributed by atoms with Gasteiger partial charge >= 0.3 is 16.1 Å². The minimum absolute atomic E-state index is 0.193. The van der Waals surface area contributed by atoms with Crippen LogP contribution in [0, 0.1) is 0 Å². The number of hydrogen-bond donors (Lipinski definition) is 0. The Labute approximate surface area is 89.7 Å². The first kappa shape index (κ1) is 11.8. The number of nitrogens with zero attached hydrogens (tertiary/aromatic N) is 2. The standard InChI is InChI=1S/C9H15N2O3S/c1-4-8-15(12,13)14-9-10(3)6-7-11(9)5-2/h4,6-7H,1,5,8H2,2-3H3/q+1. The second-order valence-corrected chi connectivity index (χ2v) is 4.69. The van der Waals surface area contributed by atoms with E-state index in [-0.39, 0.29) is 5.75 Å². The average molecular weight is 231 g/mol. The molecule has 1 heterocycles. The first-order chi connectivity index (χ1) is 7.00. The Hall–Kier alpha value is -1.30. The Balaban J connectivity index is 2.98. The van der Waals surface area contributed by atoms with Gasteiger partial charge < -0.3 is 4.18 Å². The van der Waals surface area contributed by atoms with E-state index >= 15 is 0 Å². The summed E-state index contributed by atoms with van der Waals surface area (Å²) in [5.74, 6) is -0.193. The lowest BCUT2D eigenvalue weighted by molar-refractivity contribution is -0.674. The zero-order valence-electron chi connectivity index (χ0n) is 8.88. The van der Waals surface area contributed by atoms with Crippen molar-refractivity contribution in [3.63, 3.8) is 0 Å². The van der Waals surface area contributed by atoms with Crippen LogP contribution in [0.15, 0.2) is 25.0 Å². The van der Waals surface area contributed by atoms with Crippen LogP contribution in [-0.2, 0) is 23.7 Å². The zero-order chi connectivity index (χ0) is 11.5. The van der Waals surface area contributed by atoms with Gasteiger partial charge in [0.1, 0.15) is 18.1 Å². The minimum Gasteiger partial charge on any atom is -0.308 e. The van der Waals surface area contributed by atoms with Crippen molar-refractivity contribution in [2.45, 2.75) is 13.5 Å². The maximum Gasteiger partial charge on any atom is 0.471 e. The van der Waals surface area contributed by atoms with Crippen molar-refractivity contribution in [2.75, 3.05) is 5.75 Å². The van der Waals surface area contributed by atoms with Crippen LogP contribution in [0.2, 0.25) is 0 Å². The van der Waals surface area contributed by atoms with E-state index in [1.807, 2.05) is 6.92 Å². The van der Waals surface area contributed by atoms with Gasteiger partial charge in [0.05, 0.1) is 13.6 Å². The topological polar surface area (TPSA) is 52.2 Å².